The highest BCUT2D eigenvalue weighted by atomic mass is 16.5. The molecule has 0 fully saturated rings. The first-order chi connectivity index (χ1) is 8.49. The smallest absolute Gasteiger partial charge is 0.336 e. The summed E-state index contributed by atoms with van der Waals surface area (Å²) in [4.78, 5) is 23.2. The number of carbonyl (C=O) groups excluding carboxylic acids is 1. The number of carboxylic acid groups (broad SMARTS) is 1. The van der Waals surface area contributed by atoms with Gasteiger partial charge in [-0.2, -0.15) is 0 Å². The summed E-state index contributed by atoms with van der Waals surface area (Å²) < 4.78 is 4.83. The molecule has 0 atom stereocenters. The highest BCUT2D eigenvalue weighted by Crippen LogP contribution is 2.18. The van der Waals surface area contributed by atoms with E-state index in [1.54, 1.807) is 26.0 Å². The summed E-state index contributed by atoms with van der Waals surface area (Å²) in [6.07, 6.45) is 0. The SMILES string of the molecule is COCCNC(=O)c1c(C)ccc(C)c1C(=O)O. The molecule has 0 aliphatic heterocycles. The highest BCUT2D eigenvalue weighted by molar-refractivity contribution is 6.06. The van der Waals surface area contributed by atoms with Gasteiger partial charge in [0.05, 0.1) is 17.7 Å². The van der Waals surface area contributed by atoms with Gasteiger partial charge in [0.2, 0.25) is 0 Å². The highest BCUT2D eigenvalue weighted by Gasteiger charge is 2.20. The first-order valence-corrected chi connectivity index (χ1v) is 5.59. The molecule has 0 radical (unpaired) electrons. The number of hydrogen-bond donors (Lipinski definition) is 2. The number of nitrogens with one attached hydrogen (secondary N) is 1. The van der Waals surface area contributed by atoms with E-state index in [9.17, 15) is 14.7 Å². The summed E-state index contributed by atoms with van der Waals surface area (Å²) in [5, 5.41) is 11.8. The summed E-state index contributed by atoms with van der Waals surface area (Å²) in [6, 6.07) is 3.44. The summed E-state index contributed by atoms with van der Waals surface area (Å²) >= 11 is 0. The van der Waals surface area contributed by atoms with Gasteiger partial charge in [0.15, 0.2) is 0 Å². The Kier molecular flexibility index (Phi) is 4.85. The van der Waals surface area contributed by atoms with Gasteiger partial charge in [-0.05, 0) is 25.0 Å². The molecule has 0 saturated heterocycles. The van der Waals surface area contributed by atoms with Crippen LogP contribution in [0.2, 0.25) is 0 Å². The predicted octanol–water partition coefficient (Wildman–Crippen LogP) is 1.38. The summed E-state index contributed by atoms with van der Waals surface area (Å²) in [5.74, 6) is -1.47. The maximum Gasteiger partial charge on any atom is 0.336 e. The second-order valence-corrected chi connectivity index (χ2v) is 4.00. The van der Waals surface area contributed by atoms with Crippen LogP contribution in [0.25, 0.3) is 0 Å². The van der Waals surface area contributed by atoms with E-state index in [2.05, 4.69) is 5.32 Å². The quantitative estimate of drug-likeness (QED) is 0.775. The van der Waals surface area contributed by atoms with E-state index in [4.69, 9.17) is 4.74 Å². The van der Waals surface area contributed by atoms with Crippen LogP contribution in [0.1, 0.15) is 31.8 Å². The van der Waals surface area contributed by atoms with E-state index >= 15 is 0 Å². The van der Waals surface area contributed by atoms with Gasteiger partial charge in [-0.25, -0.2) is 4.79 Å². The first kappa shape index (κ1) is 14.2. The fourth-order valence-electron chi connectivity index (χ4n) is 1.73. The van der Waals surface area contributed by atoms with Gasteiger partial charge < -0.3 is 15.2 Å². The molecule has 1 amide bonds. The number of amides is 1. The van der Waals surface area contributed by atoms with Crippen LogP contribution in [0.4, 0.5) is 0 Å². The molecule has 18 heavy (non-hydrogen) atoms. The molecule has 0 aromatic heterocycles. The molecule has 1 rings (SSSR count). The third-order valence-electron chi connectivity index (χ3n) is 2.65. The van der Waals surface area contributed by atoms with E-state index in [0.29, 0.717) is 24.3 Å². The Morgan fingerprint density at radius 1 is 1.22 bits per heavy atom. The molecule has 0 spiro atoms. The van der Waals surface area contributed by atoms with Crippen molar-refractivity contribution in [2.45, 2.75) is 13.8 Å². The van der Waals surface area contributed by atoms with Crippen LogP contribution in [-0.4, -0.2) is 37.2 Å². The number of carbonyl (C=O) groups is 2. The molecule has 0 aliphatic carbocycles. The standard InChI is InChI=1S/C13H17NO4/c1-8-4-5-9(2)11(13(16)17)10(8)12(15)14-6-7-18-3/h4-5H,6-7H2,1-3H3,(H,14,15)(H,16,17). The number of ether oxygens (including phenoxy) is 1. The van der Waals surface area contributed by atoms with Crippen molar-refractivity contribution in [1.82, 2.24) is 5.32 Å². The van der Waals surface area contributed by atoms with Crippen molar-refractivity contribution >= 4 is 11.9 Å². The molecular weight excluding hydrogens is 234 g/mol. The molecule has 2 N–H and O–H groups in total. The van der Waals surface area contributed by atoms with Crippen LogP contribution < -0.4 is 5.32 Å². The second kappa shape index (κ2) is 6.16. The fraction of sp³-hybridized carbons (Fsp3) is 0.385. The third kappa shape index (κ3) is 3.07. The zero-order valence-electron chi connectivity index (χ0n) is 10.7. The first-order valence-electron chi connectivity index (χ1n) is 5.59. The Hall–Kier alpha value is -1.88. The molecule has 0 unspecified atom stereocenters. The zero-order chi connectivity index (χ0) is 13.7. The summed E-state index contributed by atoms with van der Waals surface area (Å²) in [5.41, 5.74) is 1.50. The average Bonchev–Trinajstić information content (AvgIpc) is 2.31. The number of aryl methyl sites for hydroxylation is 2. The Bertz CT molecular complexity index is 468. The number of methoxy groups -OCH3 is 1. The average molecular weight is 251 g/mol. The molecule has 1 aromatic rings. The van der Waals surface area contributed by atoms with Gasteiger partial charge in [0, 0.05) is 13.7 Å². The Balaban J connectivity index is 3.10. The third-order valence-corrected chi connectivity index (χ3v) is 2.65. The molecule has 5 heteroatoms. The topological polar surface area (TPSA) is 75.6 Å². The van der Waals surface area contributed by atoms with Crippen molar-refractivity contribution < 1.29 is 19.4 Å². The zero-order valence-corrected chi connectivity index (χ0v) is 10.7. The van der Waals surface area contributed by atoms with Gasteiger partial charge in [0.25, 0.3) is 5.91 Å². The van der Waals surface area contributed by atoms with Gasteiger partial charge in [0.1, 0.15) is 0 Å². The minimum Gasteiger partial charge on any atom is -0.478 e. The van der Waals surface area contributed by atoms with Crippen molar-refractivity contribution in [1.29, 1.82) is 0 Å². The maximum absolute atomic E-state index is 12.0. The fourth-order valence-corrected chi connectivity index (χ4v) is 1.73. The molecule has 1 aromatic carbocycles. The van der Waals surface area contributed by atoms with E-state index in [1.165, 1.54) is 7.11 Å². The van der Waals surface area contributed by atoms with E-state index < -0.39 is 5.97 Å². The van der Waals surface area contributed by atoms with Crippen molar-refractivity contribution in [3.63, 3.8) is 0 Å². The number of carboxylic acids is 1. The number of aromatic carboxylic acids is 1. The van der Waals surface area contributed by atoms with E-state index in [1.807, 2.05) is 0 Å². The minimum absolute atomic E-state index is 0.0601. The lowest BCUT2D eigenvalue weighted by molar-refractivity contribution is 0.0689. The van der Waals surface area contributed by atoms with Crippen molar-refractivity contribution in [3.05, 3.63) is 34.4 Å². The van der Waals surface area contributed by atoms with Crippen LogP contribution in [0.5, 0.6) is 0 Å². The molecule has 98 valence electrons. The number of benzene rings is 1. The van der Waals surface area contributed by atoms with Crippen LogP contribution in [0.15, 0.2) is 12.1 Å². The Morgan fingerprint density at radius 2 is 1.78 bits per heavy atom. The van der Waals surface area contributed by atoms with Gasteiger partial charge in [-0.3, -0.25) is 4.79 Å². The van der Waals surface area contributed by atoms with Crippen molar-refractivity contribution in [2.24, 2.45) is 0 Å². The van der Waals surface area contributed by atoms with Crippen LogP contribution in [-0.2, 0) is 4.74 Å². The van der Waals surface area contributed by atoms with Crippen LogP contribution >= 0.6 is 0 Å². The van der Waals surface area contributed by atoms with Crippen LogP contribution in [0, 0.1) is 13.8 Å². The normalized spacial score (nSPS) is 10.2. The van der Waals surface area contributed by atoms with Crippen LogP contribution in [0.3, 0.4) is 0 Å². The molecule has 0 heterocycles. The lowest BCUT2D eigenvalue weighted by Crippen LogP contribution is -2.29. The van der Waals surface area contributed by atoms with Gasteiger partial charge >= 0.3 is 5.97 Å². The minimum atomic E-state index is -1.09. The van der Waals surface area contributed by atoms with E-state index in [-0.39, 0.29) is 17.0 Å². The number of rotatable bonds is 5. The summed E-state index contributed by atoms with van der Waals surface area (Å²) in [7, 11) is 1.53. The van der Waals surface area contributed by atoms with Gasteiger partial charge in [-0.1, -0.05) is 12.1 Å². The molecule has 5 nitrogen and oxygen atoms in total. The molecule has 0 bridgehead atoms. The number of hydrogen-bond acceptors (Lipinski definition) is 3. The molecule has 0 saturated carbocycles. The van der Waals surface area contributed by atoms with Crippen molar-refractivity contribution in [2.75, 3.05) is 20.3 Å². The Labute approximate surface area is 106 Å². The molecule has 0 aliphatic rings. The van der Waals surface area contributed by atoms with Gasteiger partial charge in [-0.15, -0.1) is 0 Å². The lowest BCUT2D eigenvalue weighted by Gasteiger charge is -2.12. The van der Waals surface area contributed by atoms with Crippen molar-refractivity contribution in [3.8, 4) is 0 Å². The van der Waals surface area contributed by atoms with E-state index in [0.717, 1.165) is 0 Å². The molecular formula is C13H17NO4. The summed E-state index contributed by atoms with van der Waals surface area (Å²) in [6.45, 7) is 4.13. The largest absolute Gasteiger partial charge is 0.478 e. The maximum atomic E-state index is 12.0. The monoisotopic (exact) mass is 251 g/mol. The second-order valence-electron chi connectivity index (χ2n) is 4.00. The lowest BCUT2D eigenvalue weighted by atomic mass is 9.96. The Morgan fingerprint density at radius 3 is 2.28 bits per heavy atom. The predicted molar refractivity (Wildman–Crippen MR) is 67.1 cm³/mol.